The predicted molar refractivity (Wildman–Crippen MR) is 231 cm³/mol. The zero-order valence-corrected chi connectivity index (χ0v) is 34.7. The van der Waals surface area contributed by atoms with Crippen molar-refractivity contribution in [2.45, 2.75) is 63.7 Å². The van der Waals surface area contributed by atoms with E-state index >= 15 is 4.39 Å². The molecule has 2 aliphatic heterocycles. The number of aromatic amines is 2. The number of benzene rings is 4. The van der Waals surface area contributed by atoms with Crippen LogP contribution in [0, 0.1) is 5.82 Å². The molecule has 12 nitrogen and oxygen atoms in total. The Morgan fingerprint density at radius 1 is 0.705 bits per heavy atom. The van der Waals surface area contributed by atoms with Crippen LogP contribution in [0.25, 0.3) is 33.6 Å². The molecule has 3 amide bonds. The molecule has 2 aromatic heterocycles. The van der Waals surface area contributed by atoms with Crippen molar-refractivity contribution in [3.05, 3.63) is 144 Å². The van der Waals surface area contributed by atoms with Crippen molar-refractivity contribution in [1.82, 2.24) is 39.5 Å². The van der Waals surface area contributed by atoms with Crippen LogP contribution < -0.4 is 0 Å². The highest BCUT2D eigenvalue weighted by Crippen LogP contribution is 2.38. The molecule has 0 aliphatic carbocycles. The molecule has 0 spiro atoms. The summed E-state index contributed by atoms with van der Waals surface area (Å²) < 4.78 is 15.9. The van der Waals surface area contributed by atoms with E-state index in [0.29, 0.717) is 47.7 Å². The van der Waals surface area contributed by atoms with Gasteiger partial charge in [-0.25, -0.2) is 19.2 Å². The Balaban J connectivity index is 0.955. The van der Waals surface area contributed by atoms with Gasteiger partial charge in [0.25, 0.3) is 5.91 Å². The molecule has 4 atom stereocenters. The molecule has 4 heterocycles. The van der Waals surface area contributed by atoms with Gasteiger partial charge in [0.05, 0.1) is 35.9 Å². The first-order chi connectivity index (χ1) is 29.7. The van der Waals surface area contributed by atoms with E-state index in [1.54, 1.807) is 41.4 Å². The first-order valence-electron chi connectivity index (χ1n) is 21.1. The third kappa shape index (κ3) is 8.30. The first-order valence-corrected chi connectivity index (χ1v) is 21.1. The van der Waals surface area contributed by atoms with Gasteiger partial charge in [0.15, 0.2) is 0 Å². The van der Waals surface area contributed by atoms with Crippen molar-refractivity contribution in [1.29, 1.82) is 0 Å². The van der Waals surface area contributed by atoms with Gasteiger partial charge in [-0.15, -0.1) is 0 Å². The molecule has 0 saturated carbocycles. The fourth-order valence-electron chi connectivity index (χ4n) is 9.01. The lowest BCUT2D eigenvalue weighted by atomic mass is 10.0. The summed E-state index contributed by atoms with van der Waals surface area (Å²) in [7, 11) is 1.40. The molecule has 6 aromatic rings. The van der Waals surface area contributed by atoms with Crippen LogP contribution in [-0.2, 0) is 9.59 Å². The van der Waals surface area contributed by atoms with Crippen molar-refractivity contribution >= 4 is 17.9 Å². The van der Waals surface area contributed by atoms with E-state index in [1.807, 2.05) is 77.8 Å². The highest BCUT2D eigenvalue weighted by molar-refractivity contribution is 5.87. The van der Waals surface area contributed by atoms with Crippen LogP contribution in [0.1, 0.15) is 86.5 Å². The van der Waals surface area contributed by atoms with Gasteiger partial charge in [0.2, 0.25) is 5.91 Å². The zero-order valence-electron chi connectivity index (χ0n) is 34.7. The van der Waals surface area contributed by atoms with E-state index < -0.39 is 24.0 Å². The number of aromatic nitrogens is 4. The van der Waals surface area contributed by atoms with Gasteiger partial charge in [-0.05, 0) is 78.7 Å². The van der Waals surface area contributed by atoms with Crippen molar-refractivity contribution < 1.29 is 23.9 Å². The number of carbonyl (C=O) groups is 3. The maximum Gasteiger partial charge on any atom is 0.407 e. The monoisotopic (exact) mass is 822 g/mol. The molecule has 0 radical (unpaired) electrons. The van der Waals surface area contributed by atoms with Crippen LogP contribution in [0.2, 0.25) is 0 Å². The van der Waals surface area contributed by atoms with Crippen LogP contribution in [0.5, 0.6) is 0 Å². The van der Waals surface area contributed by atoms with Gasteiger partial charge in [0, 0.05) is 25.7 Å². The Morgan fingerprint density at radius 2 is 1.20 bits per heavy atom. The number of nitrogens with zero attached hydrogens (tertiary/aromatic N) is 6. The molecule has 0 bridgehead atoms. The average molecular weight is 823 g/mol. The summed E-state index contributed by atoms with van der Waals surface area (Å²) in [6.07, 6.45) is 5.28. The number of amides is 3. The lowest BCUT2D eigenvalue weighted by Gasteiger charge is -2.34. The Labute approximate surface area is 355 Å². The maximum atomic E-state index is 15.9. The molecule has 0 unspecified atom stereocenters. The van der Waals surface area contributed by atoms with Gasteiger partial charge < -0.3 is 24.9 Å². The van der Waals surface area contributed by atoms with Crippen LogP contribution in [0.4, 0.5) is 9.18 Å². The Hall–Kier alpha value is -6.60. The summed E-state index contributed by atoms with van der Waals surface area (Å²) in [6, 6.07) is 29.9. The van der Waals surface area contributed by atoms with Gasteiger partial charge in [0.1, 0.15) is 29.5 Å². The molecule has 2 saturated heterocycles. The van der Waals surface area contributed by atoms with Crippen molar-refractivity contribution in [3.63, 3.8) is 0 Å². The average Bonchev–Trinajstić information content (AvgIpc) is 4.14. The number of carboxylic acid groups (broad SMARTS) is 1. The third-order valence-electron chi connectivity index (χ3n) is 12.2. The maximum absolute atomic E-state index is 15.9. The molecule has 8 rings (SSSR count). The summed E-state index contributed by atoms with van der Waals surface area (Å²) in [5, 5.41) is 9.80. The molecular formula is C48H51FN8O4. The van der Waals surface area contributed by atoms with Crippen LogP contribution in [-0.4, -0.2) is 95.8 Å². The molecule has 4 aromatic carbocycles. The fourth-order valence-corrected chi connectivity index (χ4v) is 9.01. The number of nitrogens with one attached hydrogen (secondary N) is 2. The zero-order chi connectivity index (χ0) is 42.6. The predicted octanol–water partition coefficient (Wildman–Crippen LogP) is 9.03. The topological polar surface area (TPSA) is 142 Å². The minimum atomic E-state index is -1.20. The lowest BCUT2D eigenvalue weighted by molar-refractivity contribution is -0.138. The highest BCUT2D eigenvalue weighted by atomic mass is 19.1. The van der Waals surface area contributed by atoms with Crippen molar-refractivity contribution in [3.8, 4) is 33.6 Å². The molecule has 61 heavy (non-hydrogen) atoms. The number of hydrogen-bond acceptors (Lipinski definition) is 6. The summed E-state index contributed by atoms with van der Waals surface area (Å²) in [4.78, 5) is 63.2. The number of likely N-dealkylation sites (tertiary alicyclic amines) is 2. The van der Waals surface area contributed by atoms with Crippen LogP contribution >= 0.6 is 0 Å². The number of hydrogen-bond donors (Lipinski definition) is 3. The Kier molecular flexibility index (Phi) is 12.1. The van der Waals surface area contributed by atoms with E-state index in [-0.39, 0.29) is 23.9 Å². The minimum absolute atomic E-state index is 0.0956. The molecule has 13 heteroatoms. The number of carbonyl (C=O) groups excluding carboxylic acids is 2. The van der Waals surface area contributed by atoms with Crippen molar-refractivity contribution in [2.24, 2.45) is 0 Å². The summed E-state index contributed by atoms with van der Waals surface area (Å²) in [5.41, 5.74) is 5.73. The largest absolute Gasteiger partial charge is 0.465 e. The Morgan fingerprint density at radius 3 is 1.74 bits per heavy atom. The smallest absolute Gasteiger partial charge is 0.407 e. The molecule has 3 N–H and O–H groups in total. The quantitative estimate of drug-likeness (QED) is 0.106. The van der Waals surface area contributed by atoms with Crippen LogP contribution in [0.15, 0.2) is 116 Å². The van der Waals surface area contributed by atoms with E-state index in [1.165, 1.54) is 13.1 Å². The number of rotatable bonds is 13. The lowest BCUT2D eigenvalue weighted by Crippen LogP contribution is -2.43. The number of imidazole rings is 2. The SMILES string of the molecule is CCN(CC)[C@@H](C(=O)N1CCC[C@H]1c1ncc(-c2ccc(-c3ccc(-c4cnc([C@@H]5CCCN5C(=O)[C@@H](c5ccccc5)N(C)C(=O)O)[nH]4)c(F)c3)cc2)[nH]1)c1ccccc1. The second-order valence-electron chi connectivity index (χ2n) is 15.8. The van der Waals surface area contributed by atoms with E-state index in [9.17, 15) is 19.5 Å². The van der Waals surface area contributed by atoms with Gasteiger partial charge >= 0.3 is 6.09 Å². The van der Waals surface area contributed by atoms with Gasteiger partial charge in [-0.2, -0.15) is 0 Å². The first kappa shape index (κ1) is 41.1. The van der Waals surface area contributed by atoms with Gasteiger partial charge in [-0.1, -0.05) is 105 Å². The second kappa shape index (κ2) is 17.9. The Bertz CT molecular complexity index is 2470. The summed E-state index contributed by atoms with van der Waals surface area (Å²) in [6.45, 7) is 6.84. The minimum Gasteiger partial charge on any atom is -0.465 e. The van der Waals surface area contributed by atoms with Crippen LogP contribution in [0.3, 0.4) is 0 Å². The van der Waals surface area contributed by atoms with E-state index in [2.05, 4.69) is 33.7 Å². The third-order valence-corrected chi connectivity index (χ3v) is 12.2. The normalized spacial score (nSPS) is 17.5. The number of likely N-dealkylation sites (N-methyl/N-ethyl adjacent to an activating group) is 2. The standard InChI is InChI=1S/C48H51FN8O4/c1-4-55(5-2)43(34-16-10-7-11-17-34)47(59)57-27-13-18-40(57)44-50-29-38(52-44)32-22-20-31(21-23-32)35-24-25-36(37(49)28-35)39-30-51-45(53-39)41-19-12-26-56(41)46(58)42(54(3)48(60)61)33-14-8-6-9-15-33/h6-11,14-17,20-25,28-30,40-43H,4-5,12-13,18-19,26-27H2,1-3H3,(H,50,52)(H,51,53)(H,60,61)/t40-,41-,42+,43+/m0/s1. The second-order valence-corrected chi connectivity index (χ2v) is 15.8. The fraction of sp³-hybridized carbons (Fsp3) is 0.312. The summed E-state index contributed by atoms with van der Waals surface area (Å²) in [5.74, 6) is 0.632. The van der Waals surface area contributed by atoms with Crippen molar-refractivity contribution in [2.75, 3.05) is 33.2 Å². The van der Waals surface area contributed by atoms with E-state index in [0.717, 1.165) is 65.5 Å². The highest BCUT2D eigenvalue weighted by Gasteiger charge is 2.40. The molecule has 314 valence electrons. The summed E-state index contributed by atoms with van der Waals surface area (Å²) >= 11 is 0. The molecular weight excluding hydrogens is 772 g/mol. The van der Waals surface area contributed by atoms with Gasteiger partial charge in [-0.3, -0.25) is 19.4 Å². The molecule has 2 fully saturated rings. The molecule has 2 aliphatic rings. The van der Waals surface area contributed by atoms with E-state index in [4.69, 9.17) is 4.98 Å². The number of halogens is 1. The number of H-pyrrole nitrogens is 2.